The van der Waals surface area contributed by atoms with E-state index in [1.807, 2.05) is 0 Å². The summed E-state index contributed by atoms with van der Waals surface area (Å²) in [6.45, 7) is 22.4. The zero-order chi connectivity index (χ0) is 17.6. The molecule has 2 heteroatoms. The second-order valence-electron chi connectivity index (χ2n) is 8.77. The average Bonchev–Trinajstić information content (AvgIpc) is 2.35. The Kier molecular flexibility index (Phi) is 8.57. The fourth-order valence-corrected chi connectivity index (χ4v) is 2.58. The van der Waals surface area contributed by atoms with Gasteiger partial charge in [0.25, 0.3) is 0 Å². The van der Waals surface area contributed by atoms with Gasteiger partial charge in [0.05, 0.1) is 23.5 Å². The number of hydrogen-bond acceptors (Lipinski definition) is 2. The molecule has 0 spiro atoms. The van der Waals surface area contributed by atoms with Crippen LogP contribution in [-0.4, -0.2) is 23.5 Å². The third-order valence-electron chi connectivity index (χ3n) is 4.35. The molecule has 0 heterocycles. The van der Waals surface area contributed by atoms with Crippen LogP contribution in [0.1, 0.15) is 94.9 Å². The maximum atomic E-state index is 5.02. The highest BCUT2D eigenvalue weighted by molar-refractivity contribution is 6.40. The number of hydrogen-bond donors (Lipinski definition) is 0. The summed E-state index contributed by atoms with van der Waals surface area (Å²) in [4.78, 5) is 10.0. The van der Waals surface area contributed by atoms with Crippen LogP contribution in [0.5, 0.6) is 0 Å². The van der Waals surface area contributed by atoms with Gasteiger partial charge in [-0.25, -0.2) is 0 Å². The van der Waals surface area contributed by atoms with Crippen molar-refractivity contribution >= 4 is 11.4 Å². The molecule has 0 aliphatic heterocycles. The van der Waals surface area contributed by atoms with Gasteiger partial charge in [-0.1, -0.05) is 68.2 Å². The molecule has 0 saturated carbocycles. The number of nitrogens with zero attached hydrogens (tertiary/aromatic N) is 2. The quantitative estimate of drug-likeness (QED) is 0.490. The van der Waals surface area contributed by atoms with Crippen molar-refractivity contribution in [2.45, 2.75) is 107 Å². The van der Waals surface area contributed by atoms with E-state index in [-0.39, 0.29) is 10.8 Å². The molecular weight excluding hydrogens is 268 g/mol. The predicted molar refractivity (Wildman–Crippen MR) is 103 cm³/mol. The van der Waals surface area contributed by atoms with Gasteiger partial charge >= 0.3 is 0 Å². The SMILES string of the molecule is CCCC(N=C(C)C(C)=NC(CCC)C(C)(C)C)C(C)(C)C. The van der Waals surface area contributed by atoms with E-state index >= 15 is 0 Å². The van der Waals surface area contributed by atoms with Gasteiger partial charge < -0.3 is 0 Å². The molecule has 2 nitrogen and oxygen atoms in total. The fourth-order valence-electron chi connectivity index (χ4n) is 2.58. The monoisotopic (exact) mass is 308 g/mol. The Bertz CT molecular complexity index is 339. The van der Waals surface area contributed by atoms with Crippen LogP contribution in [0.4, 0.5) is 0 Å². The Morgan fingerprint density at radius 3 is 1.14 bits per heavy atom. The van der Waals surface area contributed by atoms with E-state index in [4.69, 9.17) is 9.98 Å². The molecule has 0 amide bonds. The predicted octanol–water partition coefficient (Wildman–Crippen LogP) is 6.34. The van der Waals surface area contributed by atoms with E-state index in [0.29, 0.717) is 12.1 Å². The van der Waals surface area contributed by atoms with Gasteiger partial charge in [-0.15, -0.1) is 0 Å². The Morgan fingerprint density at radius 1 is 0.682 bits per heavy atom. The van der Waals surface area contributed by atoms with Crippen molar-refractivity contribution in [2.24, 2.45) is 20.8 Å². The van der Waals surface area contributed by atoms with Crippen LogP contribution in [0.25, 0.3) is 0 Å². The largest absolute Gasteiger partial charge is 0.284 e. The first kappa shape index (κ1) is 21.3. The minimum Gasteiger partial charge on any atom is -0.284 e. The smallest absolute Gasteiger partial charge is 0.0551 e. The Morgan fingerprint density at radius 2 is 0.955 bits per heavy atom. The van der Waals surface area contributed by atoms with Gasteiger partial charge in [0, 0.05) is 0 Å². The van der Waals surface area contributed by atoms with Crippen molar-refractivity contribution in [1.82, 2.24) is 0 Å². The third kappa shape index (κ3) is 7.56. The van der Waals surface area contributed by atoms with Crippen molar-refractivity contribution < 1.29 is 0 Å². The molecule has 0 aliphatic carbocycles. The summed E-state index contributed by atoms with van der Waals surface area (Å²) < 4.78 is 0. The first-order chi connectivity index (χ1) is 9.93. The summed E-state index contributed by atoms with van der Waals surface area (Å²) in [5.74, 6) is 0. The first-order valence-electron chi connectivity index (χ1n) is 9.02. The van der Waals surface area contributed by atoms with Gasteiger partial charge in [0.15, 0.2) is 0 Å². The second-order valence-corrected chi connectivity index (χ2v) is 8.77. The lowest BCUT2D eigenvalue weighted by Crippen LogP contribution is -2.28. The van der Waals surface area contributed by atoms with E-state index in [2.05, 4.69) is 69.2 Å². The summed E-state index contributed by atoms with van der Waals surface area (Å²) in [7, 11) is 0. The van der Waals surface area contributed by atoms with E-state index < -0.39 is 0 Å². The van der Waals surface area contributed by atoms with E-state index in [1.54, 1.807) is 0 Å². The number of rotatable bonds is 7. The summed E-state index contributed by atoms with van der Waals surface area (Å²) >= 11 is 0. The van der Waals surface area contributed by atoms with Crippen LogP contribution in [0.2, 0.25) is 0 Å². The van der Waals surface area contributed by atoms with Crippen molar-refractivity contribution in [3.63, 3.8) is 0 Å². The van der Waals surface area contributed by atoms with Gasteiger partial charge in [-0.05, 0) is 37.5 Å². The lowest BCUT2D eigenvalue weighted by Gasteiger charge is -2.29. The molecule has 2 atom stereocenters. The molecule has 0 bridgehead atoms. The fraction of sp³-hybridized carbons (Fsp3) is 0.900. The molecule has 0 fully saturated rings. The van der Waals surface area contributed by atoms with Crippen molar-refractivity contribution in [1.29, 1.82) is 0 Å². The first-order valence-corrected chi connectivity index (χ1v) is 9.02. The Balaban J connectivity index is 5.34. The molecular formula is C20H40N2. The van der Waals surface area contributed by atoms with Crippen molar-refractivity contribution in [3.05, 3.63) is 0 Å². The molecule has 0 N–H and O–H groups in total. The van der Waals surface area contributed by atoms with Crippen LogP contribution >= 0.6 is 0 Å². The minimum atomic E-state index is 0.213. The molecule has 22 heavy (non-hydrogen) atoms. The molecule has 0 rings (SSSR count). The average molecular weight is 309 g/mol. The van der Waals surface area contributed by atoms with Gasteiger partial charge in [0.2, 0.25) is 0 Å². The molecule has 0 aromatic rings. The van der Waals surface area contributed by atoms with Gasteiger partial charge in [0.1, 0.15) is 0 Å². The maximum absolute atomic E-state index is 5.02. The highest BCUT2D eigenvalue weighted by atomic mass is 14.9. The normalized spacial score (nSPS) is 17.5. The highest BCUT2D eigenvalue weighted by Crippen LogP contribution is 2.28. The molecule has 0 saturated heterocycles. The molecule has 0 aromatic carbocycles. The molecule has 130 valence electrons. The second kappa shape index (κ2) is 8.84. The van der Waals surface area contributed by atoms with Crippen LogP contribution < -0.4 is 0 Å². The van der Waals surface area contributed by atoms with Crippen LogP contribution in [-0.2, 0) is 0 Å². The third-order valence-corrected chi connectivity index (χ3v) is 4.35. The molecule has 2 unspecified atom stereocenters. The zero-order valence-electron chi connectivity index (χ0n) is 16.9. The van der Waals surface area contributed by atoms with Gasteiger partial charge in [-0.2, -0.15) is 0 Å². The van der Waals surface area contributed by atoms with E-state index in [9.17, 15) is 0 Å². The lowest BCUT2D eigenvalue weighted by atomic mass is 9.84. The standard InChI is InChI=1S/C20H40N2/c1-11-13-17(19(5,6)7)21-15(3)16(4)22-18(14-12-2)20(8,9)10/h17-18H,11-14H2,1-10H3. The summed E-state index contributed by atoms with van der Waals surface area (Å²) in [6.07, 6.45) is 4.64. The van der Waals surface area contributed by atoms with Crippen LogP contribution in [0.15, 0.2) is 9.98 Å². The summed E-state index contributed by atoms with van der Waals surface area (Å²) in [5.41, 5.74) is 2.65. The summed E-state index contributed by atoms with van der Waals surface area (Å²) in [6, 6.07) is 0.754. The molecule has 0 radical (unpaired) electrons. The van der Waals surface area contributed by atoms with Crippen molar-refractivity contribution in [3.8, 4) is 0 Å². The number of aliphatic imine (C=N–C) groups is 2. The maximum Gasteiger partial charge on any atom is 0.0551 e. The molecule has 0 aliphatic rings. The van der Waals surface area contributed by atoms with Crippen molar-refractivity contribution in [2.75, 3.05) is 0 Å². The Hall–Kier alpha value is -0.660. The molecule has 0 aromatic heterocycles. The lowest BCUT2D eigenvalue weighted by molar-refractivity contribution is 0.304. The highest BCUT2D eigenvalue weighted by Gasteiger charge is 2.25. The van der Waals surface area contributed by atoms with Gasteiger partial charge in [-0.3, -0.25) is 9.98 Å². The van der Waals surface area contributed by atoms with Crippen LogP contribution in [0.3, 0.4) is 0 Å². The van der Waals surface area contributed by atoms with Crippen LogP contribution in [0, 0.1) is 10.8 Å². The minimum absolute atomic E-state index is 0.213. The Labute approximate surface area is 139 Å². The summed E-state index contributed by atoms with van der Waals surface area (Å²) in [5, 5.41) is 0. The topological polar surface area (TPSA) is 24.7 Å². The zero-order valence-corrected chi connectivity index (χ0v) is 16.9. The van der Waals surface area contributed by atoms with E-state index in [1.165, 1.54) is 12.8 Å². The van der Waals surface area contributed by atoms with E-state index in [0.717, 1.165) is 24.3 Å².